The number of carbonyl (C=O) groups excluding carboxylic acids is 1. The molecule has 2 aromatic carbocycles. The van der Waals surface area contributed by atoms with E-state index in [-0.39, 0.29) is 41.2 Å². The van der Waals surface area contributed by atoms with Gasteiger partial charge in [0.2, 0.25) is 5.88 Å². The van der Waals surface area contributed by atoms with Crippen molar-refractivity contribution < 1.29 is 19.0 Å². The van der Waals surface area contributed by atoms with Gasteiger partial charge in [0, 0.05) is 25.7 Å². The minimum Gasteiger partial charge on any atom is -0.462 e. The number of aromatic nitrogens is 2. The van der Waals surface area contributed by atoms with E-state index in [1.807, 2.05) is 19.0 Å². The molecule has 1 aromatic heterocycles. The van der Waals surface area contributed by atoms with Crippen LogP contribution in [-0.4, -0.2) is 54.4 Å². The summed E-state index contributed by atoms with van der Waals surface area (Å²) in [5.74, 6) is 0.124. The number of nitrogens with one attached hydrogen (secondary N) is 2. The summed E-state index contributed by atoms with van der Waals surface area (Å²) in [6, 6.07) is 11.6. The molecule has 0 radical (unpaired) electrons. The molecule has 1 atom stereocenters. The molecule has 1 unspecified atom stereocenters. The molecule has 210 valence electrons. The molecular weight excluding hydrogens is 516 g/mol. The van der Waals surface area contributed by atoms with E-state index in [0.29, 0.717) is 47.8 Å². The number of hydrogen-bond donors (Lipinski definition) is 6. The second kappa shape index (κ2) is 12.2. The van der Waals surface area contributed by atoms with Gasteiger partial charge in [0.1, 0.15) is 11.6 Å². The highest BCUT2D eigenvalue weighted by Gasteiger charge is 2.33. The third-order valence-corrected chi connectivity index (χ3v) is 5.78. The molecule has 0 saturated carbocycles. The first kappa shape index (κ1) is 27.9. The number of anilines is 2. The number of aliphatic imine (C=N–C) groups is 1. The van der Waals surface area contributed by atoms with E-state index in [2.05, 4.69) is 20.3 Å². The van der Waals surface area contributed by atoms with Crippen LogP contribution in [0.2, 0.25) is 0 Å². The molecule has 3 aromatic rings. The van der Waals surface area contributed by atoms with E-state index in [1.54, 1.807) is 42.5 Å². The minimum absolute atomic E-state index is 0.0297. The summed E-state index contributed by atoms with van der Waals surface area (Å²) >= 11 is 0. The first-order valence-electron chi connectivity index (χ1n) is 12.5. The van der Waals surface area contributed by atoms with Gasteiger partial charge in [-0.2, -0.15) is 9.97 Å². The van der Waals surface area contributed by atoms with Crippen molar-refractivity contribution in [2.24, 2.45) is 27.9 Å². The van der Waals surface area contributed by atoms with Crippen molar-refractivity contribution in [1.29, 1.82) is 5.41 Å². The fourth-order valence-corrected chi connectivity index (χ4v) is 3.88. The number of ether oxygens (including phenoxy) is 3. The topological polar surface area (TPSA) is 226 Å². The van der Waals surface area contributed by atoms with Crippen LogP contribution in [0, 0.1) is 5.41 Å². The largest absolute Gasteiger partial charge is 0.462 e. The maximum Gasteiger partial charge on any atom is 0.328 e. The molecule has 2 heterocycles. The van der Waals surface area contributed by atoms with Crippen LogP contribution in [0.4, 0.5) is 17.1 Å². The Kier molecular flexibility index (Phi) is 8.49. The van der Waals surface area contributed by atoms with Gasteiger partial charge >= 0.3 is 6.01 Å². The molecule has 0 aliphatic carbocycles. The minimum atomic E-state index is -0.779. The molecule has 0 spiro atoms. The summed E-state index contributed by atoms with van der Waals surface area (Å²) in [5, 5.41) is 10.6. The maximum absolute atomic E-state index is 12.9. The smallest absolute Gasteiger partial charge is 0.328 e. The summed E-state index contributed by atoms with van der Waals surface area (Å²) < 4.78 is 18.1. The standard InChI is InChI=1S/C26H32N10O4/c1-36(2)17-10-9-14(21(28)29)12-19(17)40-24-20-23(39-18(22(37)33-20)8-3-4-11-27)34-26(35-24)38-16-7-5-6-15(13-16)32-25(30)31/h5-7,9-10,12-13,18H,3-4,8,11,27H2,1-2H3,(H3,28,29)(H,33,37)(H4,30,31,32). The van der Waals surface area contributed by atoms with Crippen molar-refractivity contribution in [3.8, 4) is 29.3 Å². The van der Waals surface area contributed by atoms with Gasteiger partial charge in [-0.1, -0.05) is 6.07 Å². The quantitative estimate of drug-likeness (QED) is 0.115. The Balaban J connectivity index is 1.76. The second-order valence-corrected chi connectivity index (χ2v) is 9.10. The Morgan fingerprint density at radius 2 is 1.93 bits per heavy atom. The number of nitrogen functional groups attached to an aromatic ring is 1. The Bertz CT molecular complexity index is 1440. The van der Waals surface area contributed by atoms with E-state index in [4.69, 9.17) is 42.6 Å². The van der Waals surface area contributed by atoms with E-state index < -0.39 is 6.10 Å². The molecule has 40 heavy (non-hydrogen) atoms. The lowest BCUT2D eigenvalue weighted by Crippen LogP contribution is -2.37. The lowest BCUT2D eigenvalue weighted by molar-refractivity contribution is -0.124. The van der Waals surface area contributed by atoms with E-state index in [1.165, 1.54) is 0 Å². The van der Waals surface area contributed by atoms with Gasteiger partial charge < -0.3 is 47.4 Å². The van der Waals surface area contributed by atoms with Gasteiger partial charge in [-0.05, 0) is 56.1 Å². The lowest BCUT2D eigenvalue weighted by atomic mass is 10.1. The van der Waals surface area contributed by atoms with E-state index >= 15 is 0 Å². The first-order valence-corrected chi connectivity index (χ1v) is 12.5. The van der Waals surface area contributed by atoms with Gasteiger partial charge in [-0.25, -0.2) is 4.99 Å². The molecule has 14 heteroatoms. The normalized spacial score (nSPS) is 13.9. The molecule has 1 aliphatic heterocycles. The van der Waals surface area contributed by atoms with Gasteiger partial charge in [0.15, 0.2) is 23.5 Å². The van der Waals surface area contributed by atoms with Crippen LogP contribution in [0.1, 0.15) is 24.8 Å². The van der Waals surface area contributed by atoms with Crippen LogP contribution in [0.15, 0.2) is 47.5 Å². The Labute approximate surface area is 230 Å². The van der Waals surface area contributed by atoms with Crippen molar-refractivity contribution >= 4 is 34.8 Å². The van der Waals surface area contributed by atoms with Crippen LogP contribution < -0.4 is 47.4 Å². The molecule has 0 saturated heterocycles. The number of amidine groups is 1. The van der Waals surface area contributed by atoms with Gasteiger partial charge in [0.25, 0.3) is 11.8 Å². The number of carbonyl (C=O) groups is 1. The highest BCUT2D eigenvalue weighted by Crippen LogP contribution is 2.42. The number of unbranched alkanes of at least 4 members (excludes halogenated alkanes) is 1. The van der Waals surface area contributed by atoms with E-state index in [9.17, 15) is 4.79 Å². The number of guanidine groups is 1. The SMILES string of the molecule is CN(C)c1ccc(C(=N)N)cc1Oc1nc(Oc2cccc(N=C(N)N)c2)nc2c1NC(=O)C(CCCCN)O2. The highest BCUT2D eigenvalue weighted by molar-refractivity contribution is 5.99. The zero-order chi connectivity index (χ0) is 28.8. The number of fused-ring (bicyclic) bond motifs is 1. The third-order valence-electron chi connectivity index (χ3n) is 5.78. The Morgan fingerprint density at radius 3 is 2.62 bits per heavy atom. The number of nitrogens with zero attached hydrogens (tertiary/aromatic N) is 4. The molecular formula is C26H32N10O4. The highest BCUT2D eigenvalue weighted by atomic mass is 16.5. The maximum atomic E-state index is 12.9. The molecule has 0 bridgehead atoms. The van der Waals surface area contributed by atoms with Crippen molar-refractivity contribution in [2.75, 3.05) is 30.9 Å². The van der Waals surface area contributed by atoms with Crippen LogP contribution >= 0.6 is 0 Å². The number of amides is 1. The van der Waals surface area contributed by atoms with Crippen molar-refractivity contribution in [1.82, 2.24) is 9.97 Å². The number of rotatable bonds is 11. The summed E-state index contributed by atoms with van der Waals surface area (Å²) in [7, 11) is 3.67. The van der Waals surface area contributed by atoms with Crippen LogP contribution in [0.5, 0.6) is 29.3 Å². The molecule has 1 aliphatic rings. The number of benzene rings is 2. The second-order valence-electron chi connectivity index (χ2n) is 9.10. The zero-order valence-corrected chi connectivity index (χ0v) is 22.2. The summed E-state index contributed by atoms with van der Waals surface area (Å²) in [4.78, 5) is 27.5. The van der Waals surface area contributed by atoms with Gasteiger partial charge in [-0.15, -0.1) is 0 Å². The summed E-state index contributed by atoms with van der Waals surface area (Å²) in [5.41, 5.74) is 24.0. The Morgan fingerprint density at radius 1 is 1.12 bits per heavy atom. The molecule has 0 fully saturated rings. The van der Waals surface area contributed by atoms with Crippen LogP contribution in [-0.2, 0) is 4.79 Å². The monoisotopic (exact) mass is 548 g/mol. The first-order chi connectivity index (χ1) is 19.1. The Hall–Kier alpha value is -5.11. The average Bonchev–Trinajstić information content (AvgIpc) is 2.89. The van der Waals surface area contributed by atoms with E-state index in [0.717, 1.165) is 6.42 Å². The zero-order valence-electron chi connectivity index (χ0n) is 22.2. The summed E-state index contributed by atoms with van der Waals surface area (Å²) in [6.07, 6.45) is 1.12. The fourth-order valence-electron chi connectivity index (χ4n) is 3.88. The average molecular weight is 549 g/mol. The molecule has 1 amide bonds. The fraction of sp³-hybridized carbons (Fsp3) is 0.269. The third kappa shape index (κ3) is 6.66. The van der Waals surface area contributed by atoms with Crippen molar-refractivity contribution in [2.45, 2.75) is 25.4 Å². The van der Waals surface area contributed by atoms with Crippen molar-refractivity contribution in [3.05, 3.63) is 48.0 Å². The molecule has 10 N–H and O–H groups in total. The predicted molar refractivity (Wildman–Crippen MR) is 152 cm³/mol. The van der Waals surface area contributed by atoms with Gasteiger partial charge in [0.05, 0.1) is 11.4 Å². The van der Waals surface area contributed by atoms with Crippen LogP contribution in [0.25, 0.3) is 0 Å². The predicted octanol–water partition coefficient (Wildman–Crippen LogP) is 2.14. The lowest BCUT2D eigenvalue weighted by Gasteiger charge is -2.26. The van der Waals surface area contributed by atoms with Crippen LogP contribution in [0.3, 0.4) is 0 Å². The number of hydrogen-bond acceptors (Lipinski definition) is 10. The van der Waals surface area contributed by atoms with Gasteiger partial charge in [-0.3, -0.25) is 10.2 Å². The molecule has 14 nitrogen and oxygen atoms in total. The summed E-state index contributed by atoms with van der Waals surface area (Å²) in [6.45, 7) is 0.509. The number of nitrogens with two attached hydrogens (primary N) is 4. The molecule has 4 rings (SSSR count). The van der Waals surface area contributed by atoms with Crippen molar-refractivity contribution in [3.63, 3.8) is 0 Å².